The SMILES string of the molecule is CCC(C)C1CN(C2(C)CCCCC2)C(C(C)C)CN1. The van der Waals surface area contributed by atoms with Crippen molar-refractivity contribution in [2.45, 2.75) is 90.8 Å². The topological polar surface area (TPSA) is 15.3 Å². The number of piperazine rings is 1. The molecule has 2 fully saturated rings. The highest BCUT2D eigenvalue weighted by Crippen LogP contribution is 2.37. The van der Waals surface area contributed by atoms with Gasteiger partial charge in [0, 0.05) is 30.7 Å². The van der Waals surface area contributed by atoms with E-state index in [1.54, 1.807) is 0 Å². The molecule has 3 atom stereocenters. The zero-order valence-electron chi connectivity index (χ0n) is 14.4. The predicted octanol–water partition coefficient (Wildman–Crippen LogP) is 4.05. The van der Waals surface area contributed by atoms with Crippen LogP contribution in [0.15, 0.2) is 0 Å². The van der Waals surface area contributed by atoms with Crippen LogP contribution in [0, 0.1) is 11.8 Å². The number of hydrogen-bond acceptors (Lipinski definition) is 2. The van der Waals surface area contributed by atoms with Crippen LogP contribution in [0.3, 0.4) is 0 Å². The van der Waals surface area contributed by atoms with Gasteiger partial charge in [0.2, 0.25) is 0 Å². The summed E-state index contributed by atoms with van der Waals surface area (Å²) in [4.78, 5) is 2.91. The highest BCUT2D eigenvalue weighted by Gasteiger charge is 2.42. The van der Waals surface area contributed by atoms with Crippen LogP contribution in [0.1, 0.15) is 73.1 Å². The quantitative estimate of drug-likeness (QED) is 0.835. The molecule has 1 aliphatic heterocycles. The Morgan fingerprint density at radius 3 is 2.35 bits per heavy atom. The molecule has 0 radical (unpaired) electrons. The lowest BCUT2D eigenvalue weighted by molar-refractivity contribution is -0.0267. The molecule has 2 aliphatic rings. The summed E-state index contributed by atoms with van der Waals surface area (Å²) in [6.45, 7) is 14.5. The molecule has 0 aromatic rings. The maximum atomic E-state index is 3.85. The molecule has 1 heterocycles. The Kier molecular flexibility index (Phi) is 5.53. The first-order chi connectivity index (χ1) is 9.48. The summed E-state index contributed by atoms with van der Waals surface area (Å²) in [7, 11) is 0. The van der Waals surface area contributed by atoms with Crippen LogP contribution in [0.25, 0.3) is 0 Å². The van der Waals surface area contributed by atoms with Crippen molar-refractivity contribution in [3.8, 4) is 0 Å². The Morgan fingerprint density at radius 1 is 1.15 bits per heavy atom. The van der Waals surface area contributed by atoms with Crippen LogP contribution in [-0.4, -0.2) is 35.6 Å². The summed E-state index contributed by atoms with van der Waals surface area (Å²) < 4.78 is 0. The van der Waals surface area contributed by atoms with Crippen LogP contribution in [0.5, 0.6) is 0 Å². The third-order valence-electron chi connectivity index (χ3n) is 6.11. The number of nitrogens with zero attached hydrogens (tertiary/aromatic N) is 1. The van der Waals surface area contributed by atoms with E-state index in [1.165, 1.54) is 51.6 Å². The summed E-state index contributed by atoms with van der Waals surface area (Å²) in [5, 5.41) is 3.85. The summed E-state index contributed by atoms with van der Waals surface area (Å²) in [5.74, 6) is 1.54. The Labute approximate surface area is 126 Å². The largest absolute Gasteiger partial charge is 0.311 e. The van der Waals surface area contributed by atoms with Crippen molar-refractivity contribution in [2.24, 2.45) is 11.8 Å². The summed E-state index contributed by atoms with van der Waals surface area (Å²) >= 11 is 0. The van der Waals surface area contributed by atoms with Gasteiger partial charge in [0.25, 0.3) is 0 Å². The van der Waals surface area contributed by atoms with Crippen LogP contribution >= 0.6 is 0 Å². The maximum absolute atomic E-state index is 3.85. The Bertz CT molecular complexity index is 294. The van der Waals surface area contributed by atoms with Gasteiger partial charge in [-0.2, -0.15) is 0 Å². The molecule has 1 saturated heterocycles. The second-order valence-corrected chi connectivity index (χ2v) is 7.92. The average Bonchev–Trinajstić information content (AvgIpc) is 2.46. The minimum atomic E-state index is 0.459. The third kappa shape index (κ3) is 3.39. The van der Waals surface area contributed by atoms with Crippen molar-refractivity contribution in [3.63, 3.8) is 0 Å². The third-order valence-corrected chi connectivity index (χ3v) is 6.11. The molecule has 0 aromatic heterocycles. The van der Waals surface area contributed by atoms with Crippen LogP contribution in [-0.2, 0) is 0 Å². The van der Waals surface area contributed by atoms with Gasteiger partial charge in [-0.1, -0.05) is 53.4 Å². The molecular weight excluding hydrogens is 244 g/mol. The van der Waals surface area contributed by atoms with Crippen molar-refractivity contribution in [3.05, 3.63) is 0 Å². The minimum absolute atomic E-state index is 0.459. The molecule has 0 bridgehead atoms. The fraction of sp³-hybridized carbons (Fsp3) is 1.00. The maximum Gasteiger partial charge on any atom is 0.0249 e. The normalized spacial score (nSPS) is 33.3. The van der Waals surface area contributed by atoms with Gasteiger partial charge in [0.15, 0.2) is 0 Å². The lowest BCUT2D eigenvalue weighted by Crippen LogP contribution is -2.66. The number of hydrogen-bond donors (Lipinski definition) is 1. The first-order valence-corrected chi connectivity index (χ1v) is 8.98. The van der Waals surface area contributed by atoms with Gasteiger partial charge in [0.05, 0.1) is 0 Å². The van der Waals surface area contributed by atoms with Crippen molar-refractivity contribution in [1.82, 2.24) is 10.2 Å². The van der Waals surface area contributed by atoms with Crippen LogP contribution in [0.4, 0.5) is 0 Å². The van der Waals surface area contributed by atoms with E-state index in [1.807, 2.05) is 0 Å². The van der Waals surface area contributed by atoms with Crippen molar-refractivity contribution < 1.29 is 0 Å². The molecule has 0 aromatic carbocycles. The number of nitrogens with one attached hydrogen (secondary N) is 1. The second kappa shape index (κ2) is 6.79. The summed E-state index contributed by atoms with van der Waals surface area (Å²) in [5.41, 5.74) is 0.459. The number of rotatable bonds is 4. The van der Waals surface area contributed by atoms with E-state index in [0.717, 1.165) is 17.9 Å². The van der Waals surface area contributed by atoms with Crippen molar-refractivity contribution in [1.29, 1.82) is 0 Å². The highest BCUT2D eigenvalue weighted by atomic mass is 15.3. The fourth-order valence-corrected chi connectivity index (χ4v) is 4.28. The Balaban J connectivity index is 2.14. The monoisotopic (exact) mass is 280 g/mol. The standard InChI is InChI=1S/C18H36N2/c1-6-15(4)16-13-20(17(12-19-16)14(2)3)18(5)10-8-7-9-11-18/h14-17,19H,6-13H2,1-5H3. The lowest BCUT2D eigenvalue weighted by atomic mass is 9.78. The molecule has 118 valence electrons. The zero-order chi connectivity index (χ0) is 14.8. The fourth-order valence-electron chi connectivity index (χ4n) is 4.28. The van der Waals surface area contributed by atoms with Gasteiger partial charge < -0.3 is 5.32 Å². The van der Waals surface area contributed by atoms with Gasteiger partial charge in [-0.05, 0) is 31.6 Å². The van der Waals surface area contributed by atoms with E-state index in [0.29, 0.717) is 11.6 Å². The smallest absolute Gasteiger partial charge is 0.0249 e. The highest BCUT2D eigenvalue weighted by molar-refractivity contribution is 4.99. The Morgan fingerprint density at radius 2 is 1.80 bits per heavy atom. The van der Waals surface area contributed by atoms with E-state index >= 15 is 0 Å². The zero-order valence-corrected chi connectivity index (χ0v) is 14.4. The van der Waals surface area contributed by atoms with E-state index in [4.69, 9.17) is 0 Å². The molecule has 1 N–H and O–H groups in total. The van der Waals surface area contributed by atoms with Gasteiger partial charge >= 0.3 is 0 Å². The molecule has 2 rings (SSSR count). The van der Waals surface area contributed by atoms with Crippen molar-refractivity contribution in [2.75, 3.05) is 13.1 Å². The van der Waals surface area contributed by atoms with E-state index < -0.39 is 0 Å². The van der Waals surface area contributed by atoms with Gasteiger partial charge in [0.1, 0.15) is 0 Å². The lowest BCUT2D eigenvalue weighted by Gasteiger charge is -2.54. The first-order valence-electron chi connectivity index (χ1n) is 8.98. The van der Waals surface area contributed by atoms with Crippen LogP contribution < -0.4 is 5.32 Å². The van der Waals surface area contributed by atoms with E-state index in [9.17, 15) is 0 Å². The molecular formula is C18H36N2. The molecule has 1 saturated carbocycles. The van der Waals surface area contributed by atoms with Crippen LogP contribution in [0.2, 0.25) is 0 Å². The summed E-state index contributed by atoms with van der Waals surface area (Å²) in [6, 6.07) is 1.41. The summed E-state index contributed by atoms with van der Waals surface area (Å²) in [6.07, 6.45) is 8.41. The first kappa shape index (κ1) is 16.3. The molecule has 0 amide bonds. The van der Waals surface area contributed by atoms with Crippen molar-refractivity contribution >= 4 is 0 Å². The molecule has 20 heavy (non-hydrogen) atoms. The minimum Gasteiger partial charge on any atom is -0.311 e. The Hall–Kier alpha value is -0.0800. The van der Waals surface area contributed by atoms with E-state index in [-0.39, 0.29) is 0 Å². The average molecular weight is 280 g/mol. The molecule has 2 nitrogen and oxygen atoms in total. The van der Waals surface area contributed by atoms with Gasteiger partial charge in [-0.25, -0.2) is 0 Å². The molecule has 1 aliphatic carbocycles. The predicted molar refractivity (Wildman–Crippen MR) is 88.1 cm³/mol. The molecule has 2 heteroatoms. The van der Waals surface area contributed by atoms with Gasteiger partial charge in [-0.15, -0.1) is 0 Å². The second-order valence-electron chi connectivity index (χ2n) is 7.92. The van der Waals surface area contributed by atoms with Gasteiger partial charge in [-0.3, -0.25) is 4.90 Å². The molecule has 0 spiro atoms. The molecule has 3 unspecified atom stereocenters. The van der Waals surface area contributed by atoms with E-state index in [2.05, 4.69) is 44.8 Å².